The largest absolute Gasteiger partial charge is 0.459 e. The van der Waals surface area contributed by atoms with E-state index in [9.17, 15) is 4.79 Å². The van der Waals surface area contributed by atoms with Crippen LogP contribution in [-0.4, -0.2) is 24.5 Å². The molecule has 1 heterocycles. The summed E-state index contributed by atoms with van der Waals surface area (Å²) in [6.45, 7) is 7.38. The minimum Gasteiger partial charge on any atom is -0.459 e. The lowest BCUT2D eigenvalue weighted by Crippen LogP contribution is -2.40. The first-order chi connectivity index (χ1) is 9.35. The molecule has 0 saturated heterocycles. The Bertz CT molecular complexity index is 563. The molecule has 108 valence electrons. The zero-order chi connectivity index (χ0) is 14.8. The monoisotopic (exact) mass is 274 g/mol. The number of amides is 2. The maximum absolute atomic E-state index is 12.0. The van der Waals surface area contributed by atoms with E-state index in [0.717, 1.165) is 16.7 Å². The first kappa shape index (κ1) is 14.4. The van der Waals surface area contributed by atoms with E-state index in [4.69, 9.17) is 4.42 Å². The van der Waals surface area contributed by atoms with Crippen LogP contribution in [0.1, 0.15) is 26.5 Å². The van der Waals surface area contributed by atoms with Crippen LogP contribution in [0.15, 0.2) is 34.7 Å². The molecule has 0 aliphatic rings. The van der Waals surface area contributed by atoms with Gasteiger partial charge >= 0.3 is 6.03 Å². The molecule has 0 unspecified atom stereocenters. The number of rotatable bonds is 3. The van der Waals surface area contributed by atoms with Gasteiger partial charge in [0, 0.05) is 19.0 Å². The van der Waals surface area contributed by atoms with E-state index in [1.165, 1.54) is 0 Å². The van der Waals surface area contributed by atoms with Crippen molar-refractivity contribution in [3.63, 3.8) is 0 Å². The van der Waals surface area contributed by atoms with Gasteiger partial charge in [-0.25, -0.2) is 4.79 Å². The summed E-state index contributed by atoms with van der Waals surface area (Å²) in [7, 11) is 1.77. The fourth-order valence-electron chi connectivity index (χ4n) is 1.90. The van der Waals surface area contributed by atoms with Crippen molar-refractivity contribution in [1.29, 1.82) is 0 Å². The quantitative estimate of drug-likeness (QED) is 0.929. The predicted molar refractivity (Wildman–Crippen MR) is 80.5 cm³/mol. The van der Waals surface area contributed by atoms with Crippen LogP contribution in [0.2, 0.25) is 0 Å². The number of benzene rings is 1. The third kappa shape index (κ3) is 3.76. The van der Waals surface area contributed by atoms with Crippen LogP contribution in [0.3, 0.4) is 0 Å². The van der Waals surface area contributed by atoms with Gasteiger partial charge in [-0.15, -0.1) is 0 Å². The van der Waals surface area contributed by atoms with Crippen molar-refractivity contribution in [1.82, 2.24) is 10.2 Å². The molecule has 1 N–H and O–H groups in total. The van der Waals surface area contributed by atoms with Gasteiger partial charge in [0.15, 0.2) is 0 Å². The fourth-order valence-corrected chi connectivity index (χ4v) is 1.90. The molecule has 0 radical (unpaired) electrons. The van der Waals surface area contributed by atoms with Crippen molar-refractivity contribution < 1.29 is 9.21 Å². The number of carbonyl (C=O) groups excluding carboxylic acids is 1. The highest BCUT2D eigenvalue weighted by molar-refractivity contribution is 5.78. The van der Waals surface area contributed by atoms with E-state index in [1.807, 2.05) is 30.3 Å². The van der Waals surface area contributed by atoms with E-state index < -0.39 is 0 Å². The molecule has 0 bridgehead atoms. The molecule has 20 heavy (non-hydrogen) atoms. The second-order valence-corrected chi connectivity index (χ2v) is 6.33. The molecule has 2 rings (SSSR count). The third-order valence-electron chi connectivity index (χ3n) is 2.99. The van der Waals surface area contributed by atoms with Crippen LogP contribution < -0.4 is 5.32 Å². The highest BCUT2D eigenvalue weighted by Gasteiger charge is 2.15. The van der Waals surface area contributed by atoms with Gasteiger partial charge in [0.05, 0.1) is 6.54 Å². The lowest BCUT2D eigenvalue weighted by molar-refractivity contribution is 0.198. The Morgan fingerprint density at radius 2 is 2.00 bits per heavy atom. The van der Waals surface area contributed by atoms with Crippen molar-refractivity contribution in [2.24, 2.45) is 5.41 Å². The van der Waals surface area contributed by atoms with Crippen LogP contribution in [0, 0.1) is 5.41 Å². The van der Waals surface area contributed by atoms with Crippen LogP contribution in [0.25, 0.3) is 11.0 Å². The summed E-state index contributed by atoms with van der Waals surface area (Å²) in [6, 6.07) is 9.74. The summed E-state index contributed by atoms with van der Waals surface area (Å²) in [6.07, 6.45) is 0. The number of hydrogen-bond donors (Lipinski definition) is 1. The maximum Gasteiger partial charge on any atom is 0.317 e. The number of para-hydroxylation sites is 1. The summed E-state index contributed by atoms with van der Waals surface area (Å²) < 4.78 is 5.71. The highest BCUT2D eigenvalue weighted by Crippen LogP contribution is 2.19. The second kappa shape index (κ2) is 5.57. The Morgan fingerprint density at radius 3 is 2.65 bits per heavy atom. The van der Waals surface area contributed by atoms with E-state index in [0.29, 0.717) is 13.1 Å². The summed E-state index contributed by atoms with van der Waals surface area (Å²) in [5.74, 6) is 0.791. The third-order valence-corrected chi connectivity index (χ3v) is 2.99. The van der Waals surface area contributed by atoms with Gasteiger partial charge < -0.3 is 14.6 Å². The van der Waals surface area contributed by atoms with Crippen LogP contribution in [-0.2, 0) is 6.54 Å². The number of urea groups is 1. The number of furan rings is 1. The van der Waals surface area contributed by atoms with Gasteiger partial charge in [0.1, 0.15) is 11.3 Å². The van der Waals surface area contributed by atoms with Crippen LogP contribution in [0.5, 0.6) is 0 Å². The summed E-state index contributed by atoms with van der Waals surface area (Å²) in [5.41, 5.74) is 0.932. The first-order valence-electron chi connectivity index (χ1n) is 6.81. The molecule has 4 heteroatoms. The molecule has 0 aliphatic heterocycles. The van der Waals surface area contributed by atoms with Crippen molar-refractivity contribution >= 4 is 17.0 Å². The van der Waals surface area contributed by atoms with E-state index in [2.05, 4.69) is 26.1 Å². The van der Waals surface area contributed by atoms with E-state index in [1.54, 1.807) is 11.9 Å². The highest BCUT2D eigenvalue weighted by atomic mass is 16.3. The number of hydrogen-bond acceptors (Lipinski definition) is 2. The summed E-state index contributed by atoms with van der Waals surface area (Å²) >= 11 is 0. The molecule has 1 aromatic carbocycles. The molecule has 1 aromatic heterocycles. The molecule has 4 nitrogen and oxygen atoms in total. The molecule has 0 aliphatic carbocycles. The minimum atomic E-state index is -0.0830. The van der Waals surface area contributed by atoms with Gasteiger partial charge in [-0.05, 0) is 17.5 Å². The van der Waals surface area contributed by atoms with Crippen molar-refractivity contribution in [3.05, 3.63) is 36.1 Å². The lowest BCUT2D eigenvalue weighted by atomic mass is 9.97. The zero-order valence-electron chi connectivity index (χ0n) is 12.6. The zero-order valence-corrected chi connectivity index (χ0v) is 12.6. The smallest absolute Gasteiger partial charge is 0.317 e. The Balaban J connectivity index is 1.96. The van der Waals surface area contributed by atoms with Crippen molar-refractivity contribution in [2.45, 2.75) is 27.3 Å². The maximum atomic E-state index is 12.0. The van der Waals surface area contributed by atoms with Gasteiger partial charge in [-0.3, -0.25) is 0 Å². The van der Waals surface area contributed by atoms with Gasteiger partial charge in [0.2, 0.25) is 0 Å². The Hall–Kier alpha value is -1.97. The van der Waals surface area contributed by atoms with Gasteiger partial charge in [0.25, 0.3) is 0 Å². The van der Waals surface area contributed by atoms with E-state index >= 15 is 0 Å². The fraction of sp³-hybridized carbons (Fsp3) is 0.438. The summed E-state index contributed by atoms with van der Waals surface area (Å²) in [4.78, 5) is 13.6. The van der Waals surface area contributed by atoms with E-state index in [-0.39, 0.29) is 11.4 Å². The first-order valence-corrected chi connectivity index (χ1v) is 6.81. The molecule has 2 amide bonds. The number of carbonyl (C=O) groups is 1. The van der Waals surface area contributed by atoms with Crippen LogP contribution >= 0.6 is 0 Å². The Labute approximate surface area is 119 Å². The molecule has 2 aromatic rings. The average molecular weight is 274 g/mol. The number of nitrogens with zero attached hydrogens (tertiary/aromatic N) is 1. The molecular formula is C16H22N2O2. The standard InChI is InChI=1S/C16H22N2O2/c1-16(2,3)11-17-15(19)18(4)10-13-9-12-7-5-6-8-14(12)20-13/h5-9H,10-11H2,1-4H3,(H,17,19). The molecule has 0 atom stereocenters. The minimum absolute atomic E-state index is 0.0792. The van der Waals surface area contributed by atoms with Gasteiger partial charge in [-0.2, -0.15) is 0 Å². The second-order valence-electron chi connectivity index (χ2n) is 6.33. The molecule has 0 spiro atoms. The lowest BCUT2D eigenvalue weighted by Gasteiger charge is -2.22. The average Bonchev–Trinajstić information content (AvgIpc) is 2.76. The number of fused-ring (bicyclic) bond motifs is 1. The Morgan fingerprint density at radius 1 is 1.30 bits per heavy atom. The van der Waals surface area contributed by atoms with Gasteiger partial charge in [-0.1, -0.05) is 39.0 Å². The predicted octanol–water partition coefficient (Wildman–Crippen LogP) is 3.62. The van der Waals surface area contributed by atoms with Crippen LogP contribution in [0.4, 0.5) is 4.79 Å². The number of nitrogens with one attached hydrogen (secondary N) is 1. The molecule has 0 saturated carbocycles. The topological polar surface area (TPSA) is 45.5 Å². The summed E-state index contributed by atoms with van der Waals surface area (Å²) in [5, 5.41) is 3.98. The van der Waals surface area contributed by atoms with Crippen molar-refractivity contribution in [3.8, 4) is 0 Å². The van der Waals surface area contributed by atoms with Crippen molar-refractivity contribution in [2.75, 3.05) is 13.6 Å². The SMILES string of the molecule is CN(Cc1cc2ccccc2o1)C(=O)NCC(C)(C)C. The molecule has 0 fully saturated rings. The normalized spacial score (nSPS) is 11.6. The Kier molecular flexibility index (Phi) is 4.02. The molecular weight excluding hydrogens is 252 g/mol.